The average molecular weight is 644 g/mol. The molecule has 15 nitrogen and oxygen atoms in total. The van der Waals surface area contributed by atoms with Crippen molar-refractivity contribution < 1.29 is 106 Å². The van der Waals surface area contributed by atoms with Gasteiger partial charge in [-0.05, 0) is 62.3 Å². The molecule has 0 aliphatic carbocycles. The fraction of sp³-hybridized carbons (Fsp3) is 0.500. The zero-order valence-corrected chi connectivity index (χ0v) is 26.0. The van der Waals surface area contributed by atoms with Crippen molar-refractivity contribution in [1.29, 1.82) is 0 Å². The van der Waals surface area contributed by atoms with Crippen molar-refractivity contribution in [3.63, 3.8) is 0 Å². The number of rotatable bonds is 12. The number of carbonyl (C=O) groups excluding carboxylic acids is 12. The van der Waals surface area contributed by atoms with Crippen LogP contribution >= 0.6 is 0 Å². The van der Waals surface area contributed by atoms with Crippen LogP contribution in [0.25, 0.3) is 0 Å². The molecule has 16 heteroatoms. The van der Waals surface area contributed by atoms with Crippen LogP contribution in [0.4, 0.5) is 0 Å². The molecular formula is C24H27O15Y. The van der Waals surface area contributed by atoms with E-state index < -0.39 is 86.2 Å². The summed E-state index contributed by atoms with van der Waals surface area (Å²) in [4.78, 5) is 130. The number of hydrogen-bond acceptors (Lipinski definition) is 15. The van der Waals surface area contributed by atoms with Crippen molar-refractivity contribution in [1.82, 2.24) is 0 Å². The van der Waals surface area contributed by atoms with E-state index in [0.29, 0.717) is 0 Å². The maximum absolute atomic E-state index is 10.9. The van der Waals surface area contributed by atoms with Crippen molar-refractivity contribution in [3.05, 3.63) is 0 Å². The summed E-state index contributed by atoms with van der Waals surface area (Å²) in [5, 5.41) is 31.7. The molecule has 0 aromatic heterocycles. The van der Waals surface area contributed by atoms with Crippen LogP contribution in [-0.2, 0) is 90.2 Å². The predicted molar refractivity (Wildman–Crippen MR) is 118 cm³/mol. The Morgan fingerprint density at radius 2 is 0.375 bits per heavy atom. The van der Waals surface area contributed by atoms with Crippen LogP contribution in [0.15, 0.2) is 0 Å². The molecule has 216 valence electrons. The average Bonchev–Trinajstić information content (AvgIpc) is 2.66. The normalized spacial score (nSPS) is 10.4. The number of Topliss-reactive ketones (excluding diaryl/α,β-unsaturated/α-hetero) is 9. The Morgan fingerprint density at radius 1 is 0.300 bits per heavy atom. The number of carboxylic acids is 3. The zero-order valence-electron chi connectivity index (χ0n) is 23.2. The van der Waals surface area contributed by atoms with Gasteiger partial charge in [0.2, 0.25) is 0 Å². The van der Waals surface area contributed by atoms with E-state index in [2.05, 4.69) is 0 Å². The zero-order chi connectivity index (χ0) is 32.4. The Hall–Kier alpha value is -3.46. The Bertz CT molecular complexity index is 832. The Balaban J connectivity index is -0.000000240. The topological polar surface area (TPSA) is 274 Å². The van der Waals surface area contributed by atoms with Gasteiger partial charge in [0.05, 0.1) is 17.9 Å². The summed E-state index contributed by atoms with van der Waals surface area (Å²) in [6, 6.07) is 0. The van der Waals surface area contributed by atoms with Crippen molar-refractivity contribution in [2.24, 2.45) is 16.2 Å². The van der Waals surface area contributed by atoms with E-state index in [1.807, 2.05) is 0 Å². The number of hydrogen-bond donors (Lipinski definition) is 0. The van der Waals surface area contributed by atoms with Gasteiger partial charge in [0, 0.05) is 0 Å². The van der Waals surface area contributed by atoms with Crippen LogP contribution in [0.3, 0.4) is 0 Å². The van der Waals surface area contributed by atoms with Gasteiger partial charge in [-0.3, -0.25) is 43.2 Å². The molecule has 0 unspecified atom stereocenters. The van der Waals surface area contributed by atoms with E-state index >= 15 is 0 Å². The van der Waals surface area contributed by atoms with Crippen molar-refractivity contribution in [3.8, 4) is 0 Å². The second-order valence-corrected chi connectivity index (χ2v) is 8.12. The molecule has 0 radical (unpaired) electrons. The molecule has 0 spiro atoms. The molecule has 0 aromatic carbocycles. The Morgan fingerprint density at radius 3 is 0.375 bits per heavy atom. The molecule has 0 saturated carbocycles. The maximum atomic E-state index is 10.9. The van der Waals surface area contributed by atoms with Gasteiger partial charge in [-0.2, -0.15) is 0 Å². The fourth-order valence-corrected chi connectivity index (χ4v) is 3.52. The van der Waals surface area contributed by atoms with Gasteiger partial charge < -0.3 is 29.7 Å². The van der Waals surface area contributed by atoms with Crippen LogP contribution in [0.5, 0.6) is 0 Å². The molecule has 0 aliphatic heterocycles. The van der Waals surface area contributed by atoms with E-state index in [4.69, 9.17) is 0 Å². The van der Waals surface area contributed by atoms with Crippen molar-refractivity contribution in [2.45, 2.75) is 62.3 Å². The summed E-state index contributed by atoms with van der Waals surface area (Å²) >= 11 is 0. The van der Waals surface area contributed by atoms with E-state index in [-0.39, 0.29) is 32.7 Å². The number of ketones is 9. The molecular weight excluding hydrogens is 617 g/mol. The fourth-order valence-electron chi connectivity index (χ4n) is 3.52. The van der Waals surface area contributed by atoms with Gasteiger partial charge in [0.15, 0.2) is 68.3 Å². The second-order valence-electron chi connectivity index (χ2n) is 8.12. The summed E-state index contributed by atoms with van der Waals surface area (Å²) in [7, 11) is 0. The first-order valence-electron chi connectivity index (χ1n) is 10.6. The van der Waals surface area contributed by atoms with Gasteiger partial charge in [0.1, 0.15) is 0 Å². The number of carbonyl (C=O) groups is 12. The molecule has 0 N–H and O–H groups in total. The van der Waals surface area contributed by atoms with Crippen LogP contribution < -0.4 is 15.3 Å². The van der Waals surface area contributed by atoms with Gasteiger partial charge in [-0.1, -0.05) is 0 Å². The Kier molecular flexibility index (Phi) is 18.1. The SMILES string of the molecule is CC(=O)C(C(C)=O)(C(C)=O)C(=O)[O-].CC(=O)C(C(C)=O)(C(C)=O)C(=O)[O-].CC(=O)C(C(C)=O)(C(C)=O)C(=O)[O-].[Y+3]. The van der Waals surface area contributed by atoms with Crippen LogP contribution in [0.1, 0.15) is 62.3 Å². The van der Waals surface area contributed by atoms with Gasteiger partial charge in [0.25, 0.3) is 0 Å². The summed E-state index contributed by atoms with van der Waals surface area (Å²) < 4.78 is 0. The summed E-state index contributed by atoms with van der Waals surface area (Å²) in [6.07, 6.45) is 0. The summed E-state index contributed by atoms with van der Waals surface area (Å²) in [5.41, 5.74) is -7.83. The summed E-state index contributed by atoms with van der Waals surface area (Å²) in [6.45, 7) is 7.86. The van der Waals surface area contributed by atoms with Gasteiger partial charge >= 0.3 is 32.7 Å². The predicted octanol–water partition coefficient (Wildman–Crippen LogP) is -4.53. The van der Waals surface area contributed by atoms with E-state index in [1.165, 1.54) is 0 Å². The quantitative estimate of drug-likeness (QED) is 0.181. The molecule has 40 heavy (non-hydrogen) atoms. The van der Waals surface area contributed by atoms with Crippen molar-refractivity contribution in [2.75, 3.05) is 0 Å². The van der Waals surface area contributed by atoms with Crippen LogP contribution in [0, 0.1) is 16.2 Å². The van der Waals surface area contributed by atoms with Crippen LogP contribution in [-0.4, -0.2) is 70.0 Å². The monoisotopic (exact) mass is 644 g/mol. The molecule has 0 bridgehead atoms. The third-order valence-electron chi connectivity index (χ3n) is 5.67. The van der Waals surface area contributed by atoms with Crippen molar-refractivity contribution >= 4 is 70.0 Å². The molecule has 0 fully saturated rings. The molecule has 0 rings (SSSR count). The molecule has 0 amide bonds. The first kappa shape index (κ1) is 43.6. The smallest absolute Gasteiger partial charge is 0.548 e. The van der Waals surface area contributed by atoms with E-state index in [1.54, 1.807) is 0 Å². The van der Waals surface area contributed by atoms with Gasteiger partial charge in [-0.25, -0.2) is 0 Å². The standard InChI is InChI=1S/3C8H10O5.Y/c3*1-4(9)8(5(2)10,6(3)11)7(12)13;/h3*1-3H3,(H,12,13);/q;;;+3/p-3. The molecule has 0 heterocycles. The third kappa shape index (κ3) is 8.27. The molecule has 0 saturated heterocycles. The first-order chi connectivity index (χ1) is 17.3. The maximum Gasteiger partial charge on any atom is 3.00 e. The molecule has 0 aromatic rings. The first-order valence-corrected chi connectivity index (χ1v) is 10.6. The Labute approximate surface area is 253 Å². The molecule has 0 atom stereocenters. The number of aliphatic carboxylic acids is 3. The minimum absolute atomic E-state index is 0. The second kappa shape index (κ2) is 16.6. The largest absolute Gasteiger partial charge is 3.00 e. The minimum Gasteiger partial charge on any atom is -0.548 e. The molecule has 0 aliphatic rings. The number of carboxylic acid groups (broad SMARTS) is 3. The minimum atomic E-state index is -2.61. The van der Waals surface area contributed by atoms with E-state index in [0.717, 1.165) is 62.3 Å². The summed E-state index contributed by atoms with van der Waals surface area (Å²) in [5.74, 6) is -15.1. The van der Waals surface area contributed by atoms with Crippen LogP contribution in [0.2, 0.25) is 0 Å². The van der Waals surface area contributed by atoms with E-state index in [9.17, 15) is 72.9 Å². The third-order valence-corrected chi connectivity index (χ3v) is 5.67. The van der Waals surface area contributed by atoms with Gasteiger partial charge in [-0.15, -0.1) is 0 Å².